The molecule has 1 aliphatic rings. The third-order valence-corrected chi connectivity index (χ3v) is 5.57. The molecule has 0 saturated carbocycles. The van der Waals surface area contributed by atoms with Crippen LogP contribution < -0.4 is 0 Å². The Morgan fingerprint density at radius 2 is 1.79 bits per heavy atom. The van der Waals surface area contributed by atoms with E-state index in [9.17, 15) is 0 Å². The molecule has 1 rings (SSSR count). The van der Waals surface area contributed by atoms with Gasteiger partial charge in [-0.3, -0.25) is 0 Å². The topological polar surface area (TPSA) is 36.9 Å². The summed E-state index contributed by atoms with van der Waals surface area (Å²) in [5.41, 5.74) is 0. The second kappa shape index (κ2) is 5.82. The minimum Gasteiger partial charge on any atom is -0.378 e. The first kappa shape index (κ1) is 12.1. The van der Waals surface area contributed by atoms with Crippen LogP contribution in [0.1, 0.15) is 19.3 Å². The fourth-order valence-electron chi connectivity index (χ4n) is 1.61. The van der Waals surface area contributed by atoms with Crippen molar-refractivity contribution >= 4 is 8.80 Å². The van der Waals surface area contributed by atoms with E-state index in [4.69, 9.17) is 18.0 Å². The summed E-state index contributed by atoms with van der Waals surface area (Å²) >= 11 is 0. The Bertz CT molecular complexity index is 149. The first-order valence-corrected chi connectivity index (χ1v) is 6.96. The first-order valence-electron chi connectivity index (χ1n) is 5.03. The molecule has 1 fully saturated rings. The highest BCUT2D eigenvalue weighted by Crippen LogP contribution is 2.22. The summed E-state index contributed by atoms with van der Waals surface area (Å²) in [7, 11) is 2.63. The average Bonchev–Trinajstić information content (AvgIpc) is 2.17. The normalized spacial score (nSPS) is 22.1. The maximum Gasteiger partial charge on any atom is 0.500 e. The van der Waals surface area contributed by atoms with Gasteiger partial charge in [-0.1, -0.05) is 0 Å². The molecule has 0 N–H and O–H groups in total. The Balaban J connectivity index is 2.17. The predicted octanol–water partition coefficient (Wildman–Crippen LogP) is 1.43. The zero-order valence-corrected chi connectivity index (χ0v) is 10.2. The summed E-state index contributed by atoms with van der Waals surface area (Å²) in [6.45, 7) is 0.923. The number of rotatable bonds is 7. The summed E-state index contributed by atoms with van der Waals surface area (Å²) in [6, 6.07) is 0.871. The fourth-order valence-corrected chi connectivity index (χ4v) is 3.36. The van der Waals surface area contributed by atoms with E-state index in [-0.39, 0.29) is 0 Å². The number of hydrogen-bond donors (Lipinski definition) is 0. The van der Waals surface area contributed by atoms with Crippen LogP contribution in [0.25, 0.3) is 0 Å². The van der Waals surface area contributed by atoms with Gasteiger partial charge in [-0.05, 0) is 19.3 Å². The maximum atomic E-state index is 5.34. The quantitative estimate of drug-likeness (QED) is 0.608. The third-order valence-electron chi connectivity index (χ3n) is 2.74. The molecule has 14 heavy (non-hydrogen) atoms. The molecule has 0 aromatic heterocycles. The molecule has 0 radical (unpaired) electrons. The van der Waals surface area contributed by atoms with Crippen molar-refractivity contribution in [1.29, 1.82) is 0 Å². The Labute approximate surface area is 86.9 Å². The largest absolute Gasteiger partial charge is 0.500 e. The van der Waals surface area contributed by atoms with Crippen LogP contribution in [0.4, 0.5) is 0 Å². The van der Waals surface area contributed by atoms with Crippen molar-refractivity contribution in [2.45, 2.75) is 31.4 Å². The molecule has 1 heterocycles. The molecule has 1 saturated heterocycles. The van der Waals surface area contributed by atoms with Crippen molar-refractivity contribution in [3.63, 3.8) is 0 Å². The van der Waals surface area contributed by atoms with Crippen LogP contribution in [0.5, 0.6) is 0 Å². The summed E-state index contributed by atoms with van der Waals surface area (Å²) in [5, 5.41) is 0. The Hall–Kier alpha value is 0.0569. The Morgan fingerprint density at radius 1 is 1.21 bits per heavy atom. The molecule has 0 aliphatic carbocycles. The second-order valence-corrected chi connectivity index (χ2v) is 6.56. The van der Waals surface area contributed by atoms with Crippen LogP contribution >= 0.6 is 0 Å². The average molecular weight is 220 g/mol. The molecule has 84 valence electrons. The number of hydrogen-bond acceptors (Lipinski definition) is 4. The molecule has 0 aromatic carbocycles. The van der Waals surface area contributed by atoms with Gasteiger partial charge < -0.3 is 18.0 Å². The lowest BCUT2D eigenvalue weighted by Crippen LogP contribution is -2.42. The van der Waals surface area contributed by atoms with E-state index in [2.05, 4.69) is 0 Å². The van der Waals surface area contributed by atoms with Crippen molar-refractivity contribution in [2.75, 3.05) is 27.9 Å². The van der Waals surface area contributed by atoms with Crippen molar-refractivity contribution in [2.24, 2.45) is 0 Å². The van der Waals surface area contributed by atoms with E-state index in [0.717, 1.165) is 25.5 Å². The summed E-state index contributed by atoms with van der Waals surface area (Å²) in [5.74, 6) is 0. The summed E-state index contributed by atoms with van der Waals surface area (Å²) in [6.07, 6.45) is 3.80. The SMILES string of the molecule is CO[Si](CCCC1CCO1)(OC)OC. The molecule has 0 spiro atoms. The lowest BCUT2D eigenvalue weighted by molar-refractivity contribution is -0.0551. The molecular weight excluding hydrogens is 200 g/mol. The fraction of sp³-hybridized carbons (Fsp3) is 1.00. The number of ether oxygens (including phenoxy) is 1. The van der Waals surface area contributed by atoms with Gasteiger partial charge in [0.1, 0.15) is 0 Å². The van der Waals surface area contributed by atoms with Gasteiger partial charge in [0.2, 0.25) is 0 Å². The van der Waals surface area contributed by atoms with E-state index in [1.807, 2.05) is 0 Å². The van der Waals surface area contributed by atoms with Crippen molar-refractivity contribution < 1.29 is 18.0 Å². The highest BCUT2D eigenvalue weighted by molar-refractivity contribution is 6.60. The Morgan fingerprint density at radius 3 is 2.14 bits per heavy atom. The van der Waals surface area contributed by atoms with Gasteiger partial charge >= 0.3 is 8.80 Å². The van der Waals surface area contributed by atoms with E-state index in [1.54, 1.807) is 21.3 Å². The monoisotopic (exact) mass is 220 g/mol. The highest BCUT2D eigenvalue weighted by Gasteiger charge is 2.37. The van der Waals surface area contributed by atoms with Crippen LogP contribution in [0.2, 0.25) is 6.04 Å². The smallest absolute Gasteiger partial charge is 0.378 e. The second-order valence-electron chi connectivity index (χ2n) is 3.47. The molecule has 0 amide bonds. The van der Waals surface area contributed by atoms with Gasteiger partial charge in [-0.25, -0.2) is 0 Å². The molecular formula is C9H20O4Si. The standard InChI is InChI=1S/C9H20O4Si/c1-10-14(11-2,12-3)8-4-5-9-6-7-13-9/h9H,4-8H2,1-3H3. The van der Waals surface area contributed by atoms with Gasteiger partial charge in [-0.15, -0.1) is 0 Å². The molecule has 5 heteroatoms. The highest BCUT2D eigenvalue weighted by atomic mass is 28.4. The van der Waals surface area contributed by atoms with E-state index in [1.165, 1.54) is 6.42 Å². The van der Waals surface area contributed by atoms with Gasteiger partial charge in [0.25, 0.3) is 0 Å². The van der Waals surface area contributed by atoms with Gasteiger partial charge in [0.05, 0.1) is 6.10 Å². The van der Waals surface area contributed by atoms with Crippen LogP contribution in [-0.4, -0.2) is 42.8 Å². The predicted molar refractivity (Wildman–Crippen MR) is 55.2 cm³/mol. The molecule has 4 nitrogen and oxygen atoms in total. The summed E-state index contributed by atoms with van der Waals surface area (Å²) < 4.78 is 21.3. The van der Waals surface area contributed by atoms with Crippen molar-refractivity contribution in [3.05, 3.63) is 0 Å². The van der Waals surface area contributed by atoms with Gasteiger partial charge in [0, 0.05) is 34.0 Å². The van der Waals surface area contributed by atoms with E-state index in [0.29, 0.717) is 6.10 Å². The lowest BCUT2D eigenvalue weighted by atomic mass is 10.1. The molecule has 0 aromatic rings. The third kappa shape index (κ3) is 3.03. The van der Waals surface area contributed by atoms with E-state index < -0.39 is 8.80 Å². The van der Waals surface area contributed by atoms with Crippen molar-refractivity contribution in [1.82, 2.24) is 0 Å². The molecule has 1 aliphatic heterocycles. The maximum absolute atomic E-state index is 5.34. The van der Waals surface area contributed by atoms with Crippen LogP contribution in [0.3, 0.4) is 0 Å². The van der Waals surface area contributed by atoms with Crippen molar-refractivity contribution in [3.8, 4) is 0 Å². The molecule has 1 unspecified atom stereocenters. The minimum atomic E-state index is -2.33. The minimum absolute atomic E-state index is 0.465. The van der Waals surface area contributed by atoms with Gasteiger partial charge in [-0.2, -0.15) is 0 Å². The first-order chi connectivity index (χ1) is 6.76. The zero-order chi connectivity index (χ0) is 10.4. The Kier molecular flexibility index (Phi) is 5.04. The zero-order valence-electron chi connectivity index (χ0n) is 9.25. The van der Waals surface area contributed by atoms with Gasteiger partial charge in [0.15, 0.2) is 0 Å². The molecule has 0 bridgehead atoms. The molecule has 1 atom stereocenters. The van der Waals surface area contributed by atoms with E-state index >= 15 is 0 Å². The summed E-state index contributed by atoms with van der Waals surface area (Å²) in [4.78, 5) is 0. The van der Waals surface area contributed by atoms with Crippen LogP contribution in [-0.2, 0) is 18.0 Å². The van der Waals surface area contributed by atoms with Crippen LogP contribution in [0.15, 0.2) is 0 Å². The van der Waals surface area contributed by atoms with Crippen LogP contribution in [0, 0.1) is 0 Å². The lowest BCUT2D eigenvalue weighted by Gasteiger charge is -2.28.